The first-order chi connectivity index (χ1) is 64.8. The third-order valence-electron chi connectivity index (χ3n) is 20.3. The van der Waals surface area contributed by atoms with E-state index in [2.05, 4.69) is 74.4 Å². The number of benzene rings is 8. The zero-order chi connectivity index (χ0) is 97.1. The number of rotatable bonds is 24. The molecular formula is C96H97Br2Cl2F3N8O24. The van der Waals surface area contributed by atoms with Crippen molar-refractivity contribution in [3.63, 3.8) is 0 Å². The topological polar surface area (TPSA) is 443 Å². The van der Waals surface area contributed by atoms with Crippen molar-refractivity contribution in [2.75, 3.05) is 52.9 Å². The van der Waals surface area contributed by atoms with Gasteiger partial charge < -0.3 is 80.4 Å². The Labute approximate surface area is 800 Å². The van der Waals surface area contributed by atoms with Crippen LogP contribution < -0.4 is 42.5 Å². The van der Waals surface area contributed by atoms with Crippen LogP contribution in [0.25, 0.3) is 0 Å². The van der Waals surface area contributed by atoms with Gasteiger partial charge in [0.2, 0.25) is 47.3 Å². The van der Waals surface area contributed by atoms with Gasteiger partial charge in [0.25, 0.3) is 0 Å². The minimum absolute atomic E-state index is 0.0571. The summed E-state index contributed by atoms with van der Waals surface area (Å²) in [6.45, 7) is 2.94. The van der Waals surface area contributed by atoms with E-state index in [9.17, 15) is 89.9 Å². The van der Waals surface area contributed by atoms with Crippen molar-refractivity contribution in [1.29, 1.82) is 0 Å². The first kappa shape index (κ1) is 105. The lowest BCUT2D eigenvalue weighted by molar-refractivity contribution is -0.141. The van der Waals surface area contributed by atoms with Crippen molar-refractivity contribution in [2.24, 2.45) is 0 Å². The molecule has 8 amide bonds. The summed E-state index contributed by atoms with van der Waals surface area (Å²) >= 11 is 18.3. The highest BCUT2D eigenvalue weighted by molar-refractivity contribution is 9.10. The maximum atomic E-state index is 13.3. The Morgan fingerprint density at radius 3 is 0.844 bits per heavy atom. The van der Waals surface area contributed by atoms with Gasteiger partial charge in [-0.3, -0.25) is 38.4 Å². The minimum Gasteiger partial charge on any atom is -0.464 e. The van der Waals surface area contributed by atoms with Gasteiger partial charge in [0.05, 0.1) is 104 Å². The maximum Gasteiger partial charge on any atom is 0.328 e. The molecule has 0 saturated carbocycles. The molecule has 32 nitrogen and oxygen atoms in total. The van der Waals surface area contributed by atoms with Gasteiger partial charge in [-0.05, 0) is 117 Å². The molecule has 16 rings (SSSR count). The van der Waals surface area contributed by atoms with Gasteiger partial charge in [0.15, 0.2) is 0 Å². The zero-order valence-electron chi connectivity index (χ0n) is 72.6. The van der Waals surface area contributed by atoms with Crippen molar-refractivity contribution in [3.05, 3.63) is 281 Å². The van der Waals surface area contributed by atoms with Crippen LogP contribution in [0, 0.1) is 17.5 Å². The summed E-state index contributed by atoms with van der Waals surface area (Å²) in [6.07, 6.45) is 5.63. The lowest BCUT2D eigenvalue weighted by Crippen LogP contribution is -2.38. The average molecular weight is 2030 g/mol. The molecule has 8 fully saturated rings. The van der Waals surface area contributed by atoms with Crippen LogP contribution in [0.1, 0.15) is 95.9 Å². The summed E-state index contributed by atoms with van der Waals surface area (Å²) in [7, 11) is 0. The molecule has 0 radical (unpaired) electrons. The van der Waals surface area contributed by atoms with E-state index in [4.69, 9.17) is 61.1 Å². The second kappa shape index (κ2) is 55.3. The van der Waals surface area contributed by atoms with E-state index in [1.807, 2.05) is 84.9 Å². The molecule has 0 unspecified atom stereocenters. The normalized spacial score (nSPS) is 18.9. The van der Waals surface area contributed by atoms with Crippen LogP contribution in [-0.2, 0) is 166 Å². The first-order valence-corrected chi connectivity index (χ1v) is 45.1. The van der Waals surface area contributed by atoms with Crippen molar-refractivity contribution in [3.8, 4) is 0 Å². The van der Waals surface area contributed by atoms with E-state index in [1.165, 1.54) is 30.3 Å². The van der Waals surface area contributed by atoms with Gasteiger partial charge in [-0.25, -0.2) is 51.5 Å². The first-order valence-electron chi connectivity index (χ1n) is 42.7. The fraction of sp³-hybridized carbons (Fsp3) is 0.333. The van der Waals surface area contributed by atoms with Gasteiger partial charge in [-0.1, -0.05) is 182 Å². The predicted molar refractivity (Wildman–Crippen MR) is 487 cm³/mol. The average Bonchev–Trinajstić information content (AvgIpc) is 1.85. The van der Waals surface area contributed by atoms with Crippen LogP contribution in [0.5, 0.6) is 0 Å². The van der Waals surface area contributed by atoms with Crippen molar-refractivity contribution in [2.45, 2.75) is 151 Å². The Balaban J connectivity index is 0.000000173. The van der Waals surface area contributed by atoms with E-state index in [1.54, 1.807) is 84.9 Å². The summed E-state index contributed by atoms with van der Waals surface area (Å²) in [5.74, 6) is -5.88. The Hall–Kier alpha value is -13.4. The number of nitrogens with one attached hydrogen (secondary N) is 8. The number of esters is 8. The summed E-state index contributed by atoms with van der Waals surface area (Å²) < 4.78 is 78.6. The molecule has 135 heavy (non-hydrogen) atoms. The fourth-order valence-electron chi connectivity index (χ4n) is 13.5. The van der Waals surface area contributed by atoms with Crippen molar-refractivity contribution >= 4 is 150 Å². The highest BCUT2D eigenvalue weighted by Gasteiger charge is 2.35. The van der Waals surface area contributed by atoms with Crippen LogP contribution in [0.3, 0.4) is 0 Å². The fourth-order valence-corrected chi connectivity index (χ4v) is 14.7. The molecule has 0 aliphatic carbocycles. The SMILES string of the molecule is O=C(Cc1ccc(Cl)cc1)N[C@@H]1CCOC1=O.O=C(Cc1ccc(F)cc1)N[C@@H]1CCOC1=O.O=C(Cc1cccc(Br)c1)N[C@@H]1CCOC1=O.O=C(Cc1cccc(Cl)c1)N[C@@H]1CCOC1=O.O=C(Cc1cccc(F)c1)N[C@@H]1CCOC1=O.O=C(Cc1ccccc1)N[C@@H]1CCOC1=O.O=C(Cc1ccccc1Br)N[C@@H]1CCOC1=O.O=C(Cc1ccccc1F)N[C@@H]1CCOC1=O. The Kier molecular flexibility index (Phi) is 43.2. The number of ether oxygens (including phenoxy) is 8. The van der Waals surface area contributed by atoms with E-state index in [0.717, 1.165) is 36.8 Å². The smallest absolute Gasteiger partial charge is 0.328 e. The summed E-state index contributed by atoms with van der Waals surface area (Å²) in [4.78, 5) is 182. The van der Waals surface area contributed by atoms with Crippen molar-refractivity contribution in [1.82, 2.24) is 42.5 Å². The predicted octanol–water partition coefficient (Wildman–Crippen LogP) is 8.54. The standard InChI is InChI=1S/2C12H12BrNO3.2C12H12ClNO3.3C12H12FNO3.C12H13NO3/c13-9-3-1-2-8(6-9)7-11(15)14-10-4-5-17-12(10)16;13-9-4-2-1-3-8(9)7-11(15)14-10-5-6-17-12(10)16;13-9-3-1-8(2-4-9)7-11(15)14-10-5-6-17-12(10)16;13-9-3-1-2-8(6-9)7-11(15)14-10-4-5-17-12(10)16;13-9-3-1-8(2-4-9)7-11(15)14-10-5-6-17-12(10)16;13-9-3-1-2-8(6-9)7-11(15)14-10-4-5-17-12(10)16;13-9-4-2-1-3-8(9)7-11(15)14-10-5-6-17-12(10)16;14-11(8-9-4-2-1-3-5-9)13-10-6-7-16-12(10)15/h1-3,6,10H,4-5,7H2,(H,14,15);2*1-4,10H,5-7H2,(H,14,15);1-3,6,10H,4-5,7H2,(H,14,15);1-4,10H,5-7H2,(H,14,15);1-3,6,10H,4-5,7H2,(H,14,15);1-4,10H,5-7H2,(H,14,15);1-5,10H,6-8H2,(H,13,14)/t8*10-/m11111111/s1. The molecule has 0 aromatic heterocycles. The van der Waals surface area contributed by atoms with Crippen molar-refractivity contribution < 1.29 is 128 Å². The Morgan fingerprint density at radius 1 is 0.259 bits per heavy atom. The summed E-state index contributed by atoms with van der Waals surface area (Å²) in [5.41, 5.74) is 6.02. The van der Waals surface area contributed by atoms with Crippen LogP contribution in [0.15, 0.2) is 209 Å². The highest BCUT2D eigenvalue weighted by Crippen LogP contribution is 2.21. The molecule has 0 spiro atoms. The number of hydrogen-bond acceptors (Lipinski definition) is 24. The maximum absolute atomic E-state index is 13.3. The Morgan fingerprint density at radius 2 is 0.526 bits per heavy atom. The zero-order valence-corrected chi connectivity index (χ0v) is 77.3. The highest BCUT2D eigenvalue weighted by atomic mass is 79.9. The molecule has 39 heteroatoms. The van der Waals surface area contributed by atoms with Gasteiger partial charge in [0, 0.05) is 70.4 Å². The second-order valence-electron chi connectivity index (χ2n) is 30.8. The molecule has 8 aromatic carbocycles. The van der Waals surface area contributed by atoms with E-state index in [0.29, 0.717) is 137 Å². The lowest BCUT2D eigenvalue weighted by Gasteiger charge is -2.09. The van der Waals surface area contributed by atoms with Gasteiger partial charge >= 0.3 is 47.8 Å². The molecule has 8 aliphatic rings. The third kappa shape index (κ3) is 38.3. The quantitative estimate of drug-likeness (QED) is 0.0207. The molecule has 714 valence electrons. The molecule has 8 saturated heterocycles. The molecule has 8 aromatic rings. The number of carbonyl (C=O) groups excluding carboxylic acids is 16. The second-order valence-corrected chi connectivity index (χ2v) is 33.5. The van der Waals surface area contributed by atoms with Crippen LogP contribution in [0.4, 0.5) is 13.2 Å². The molecule has 8 aliphatic heterocycles. The number of carbonyl (C=O) groups is 16. The molecule has 8 atom stereocenters. The van der Waals surface area contributed by atoms with Crippen LogP contribution in [0.2, 0.25) is 10.0 Å². The van der Waals surface area contributed by atoms with E-state index >= 15 is 0 Å². The lowest BCUT2D eigenvalue weighted by atomic mass is 10.1. The van der Waals surface area contributed by atoms with E-state index in [-0.39, 0.29) is 134 Å². The van der Waals surface area contributed by atoms with Crippen LogP contribution in [-0.4, -0.2) is 196 Å². The molecule has 8 N–H and O–H groups in total. The number of amides is 8. The molecule has 8 heterocycles. The summed E-state index contributed by atoms with van der Waals surface area (Å²) in [6, 6.07) is 52.0. The largest absolute Gasteiger partial charge is 0.464 e. The number of cyclic esters (lactones) is 8. The molecular weight excluding hydrogens is 1940 g/mol. The van der Waals surface area contributed by atoms with Gasteiger partial charge in [0.1, 0.15) is 65.8 Å². The Bertz CT molecular complexity index is 5120. The third-order valence-corrected chi connectivity index (χ3v) is 22.1. The number of halogens is 7. The number of hydrogen-bond donors (Lipinski definition) is 8. The van der Waals surface area contributed by atoms with Crippen LogP contribution >= 0.6 is 55.1 Å². The van der Waals surface area contributed by atoms with Gasteiger partial charge in [-0.2, -0.15) is 0 Å². The monoisotopic (exact) mass is 2030 g/mol. The van der Waals surface area contributed by atoms with Gasteiger partial charge in [-0.15, -0.1) is 0 Å². The van der Waals surface area contributed by atoms with E-state index < -0.39 is 72.1 Å². The summed E-state index contributed by atoms with van der Waals surface area (Å²) in [5, 5.41) is 22.2. The minimum atomic E-state index is -0.589. The molecule has 0 bridgehead atoms.